The van der Waals surface area contributed by atoms with Crippen molar-refractivity contribution in [1.82, 2.24) is 9.88 Å². The number of para-hydroxylation sites is 1. The van der Waals surface area contributed by atoms with Gasteiger partial charge in [-0.15, -0.1) is 0 Å². The highest BCUT2D eigenvalue weighted by Gasteiger charge is 2.21. The highest BCUT2D eigenvalue weighted by molar-refractivity contribution is 5.94. The van der Waals surface area contributed by atoms with E-state index in [1.807, 2.05) is 36.4 Å². The maximum Gasteiger partial charge on any atom is 0.181 e. The first-order chi connectivity index (χ1) is 14.7. The van der Waals surface area contributed by atoms with Crippen molar-refractivity contribution in [2.75, 3.05) is 31.1 Å². The number of anilines is 1. The number of benzene rings is 2. The average Bonchev–Trinajstić information content (AvgIpc) is 2.80. The van der Waals surface area contributed by atoms with Crippen LogP contribution in [0.25, 0.3) is 10.9 Å². The number of rotatable bonds is 5. The minimum atomic E-state index is -0.452. The van der Waals surface area contributed by atoms with Crippen molar-refractivity contribution in [1.29, 1.82) is 10.5 Å². The third-order valence-corrected chi connectivity index (χ3v) is 5.38. The highest BCUT2D eigenvalue weighted by Crippen LogP contribution is 2.30. The molecule has 150 valence electrons. The quantitative estimate of drug-likeness (QED) is 0.653. The Hall–Kier alpha value is -3.61. The van der Waals surface area contributed by atoms with Crippen LogP contribution in [0.3, 0.4) is 0 Å². The van der Waals surface area contributed by atoms with Crippen molar-refractivity contribution in [3.63, 3.8) is 0 Å². The Morgan fingerprint density at radius 2 is 1.77 bits per heavy atom. The lowest BCUT2D eigenvalue weighted by Gasteiger charge is -2.37. The van der Waals surface area contributed by atoms with Gasteiger partial charge in [0, 0.05) is 44.3 Å². The van der Waals surface area contributed by atoms with Gasteiger partial charge in [-0.25, -0.2) is 0 Å². The Kier molecular flexibility index (Phi) is 5.79. The molecular formula is C24H23N5O. The summed E-state index contributed by atoms with van der Waals surface area (Å²) in [5.74, 6) is 0.714. The van der Waals surface area contributed by atoms with Crippen LogP contribution in [0, 0.1) is 22.7 Å². The van der Waals surface area contributed by atoms with E-state index in [9.17, 15) is 5.26 Å². The molecule has 4 rings (SSSR count). The van der Waals surface area contributed by atoms with Gasteiger partial charge in [0.15, 0.2) is 6.10 Å². The van der Waals surface area contributed by atoms with Gasteiger partial charge in [-0.3, -0.25) is 9.88 Å². The number of fused-ring (bicyclic) bond motifs is 1. The van der Waals surface area contributed by atoms with Crippen molar-refractivity contribution < 1.29 is 4.74 Å². The molecule has 1 fully saturated rings. The molecule has 1 atom stereocenters. The van der Waals surface area contributed by atoms with Crippen molar-refractivity contribution in [3.05, 3.63) is 65.9 Å². The minimum Gasteiger partial charge on any atom is -0.476 e. The van der Waals surface area contributed by atoms with Crippen molar-refractivity contribution in [2.24, 2.45) is 0 Å². The summed E-state index contributed by atoms with van der Waals surface area (Å²) in [7, 11) is 0. The summed E-state index contributed by atoms with van der Waals surface area (Å²) >= 11 is 0. The molecule has 0 amide bonds. The topological polar surface area (TPSA) is 76.2 Å². The number of hydrogen-bond acceptors (Lipinski definition) is 6. The summed E-state index contributed by atoms with van der Waals surface area (Å²) in [4.78, 5) is 9.14. The predicted octanol–water partition coefficient (Wildman–Crippen LogP) is 3.72. The Morgan fingerprint density at radius 3 is 2.47 bits per heavy atom. The number of nitrogens with zero attached hydrogens (tertiary/aromatic N) is 5. The van der Waals surface area contributed by atoms with E-state index in [1.54, 1.807) is 13.1 Å². The lowest BCUT2D eigenvalue weighted by molar-refractivity contribution is 0.249. The first kappa shape index (κ1) is 19.7. The standard InChI is InChI=1S/C24H23N5O/c1-18(14-25)30-21-8-6-19(7-9-21)17-28-10-12-29(13-11-28)24-20(15-26)16-27-23-5-3-2-4-22(23)24/h2-9,16,18H,10-13,17H2,1H3. The van der Waals surface area contributed by atoms with Gasteiger partial charge in [-0.2, -0.15) is 10.5 Å². The second-order valence-electron chi connectivity index (χ2n) is 7.45. The molecule has 2 heterocycles. The zero-order valence-electron chi connectivity index (χ0n) is 17.0. The Labute approximate surface area is 176 Å². The zero-order chi connectivity index (χ0) is 20.9. The minimum absolute atomic E-state index is 0.452. The van der Waals surface area contributed by atoms with E-state index >= 15 is 0 Å². The molecular weight excluding hydrogens is 374 g/mol. The molecule has 1 aromatic heterocycles. The van der Waals surface area contributed by atoms with Gasteiger partial charge in [-0.05, 0) is 30.7 Å². The van der Waals surface area contributed by atoms with Gasteiger partial charge in [0.05, 0.1) is 16.8 Å². The molecule has 6 nitrogen and oxygen atoms in total. The first-order valence-corrected chi connectivity index (χ1v) is 10.1. The van der Waals surface area contributed by atoms with E-state index in [2.05, 4.69) is 39.1 Å². The van der Waals surface area contributed by atoms with Crippen molar-refractivity contribution in [3.8, 4) is 17.9 Å². The van der Waals surface area contributed by atoms with Crippen molar-refractivity contribution >= 4 is 16.6 Å². The van der Waals surface area contributed by atoms with Crippen LogP contribution in [-0.4, -0.2) is 42.2 Å². The number of aromatic nitrogens is 1. The second kappa shape index (κ2) is 8.82. The van der Waals surface area contributed by atoms with Crippen LogP contribution in [0.5, 0.6) is 5.75 Å². The van der Waals surface area contributed by atoms with Gasteiger partial charge in [0.1, 0.15) is 17.9 Å². The molecule has 0 bridgehead atoms. The molecule has 1 aliphatic heterocycles. The fourth-order valence-corrected chi connectivity index (χ4v) is 3.84. The van der Waals surface area contributed by atoms with Crippen LogP contribution in [0.4, 0.5) is 5.69 Å². The zero-order valence-corrected chi connectivity index (χ0v) is 17.0. The summed E-state index contributed by atoms with van der Waals surface area (Å²) in [5, 5.41) is 19.5. The average molecular weight is 397 g/mol. The van der Waals surface area contributed by atoms with E-state index in [1.165, 1.54) is 5.56 Å². The summed E-state index contributed by atoms with van der Waals surface area (Å²) in [6, 6.07) is 20.3. The number of nitriles is 2. The Bertz CT molecular complexity index is 1110. The first-order valence-electron chi connectivity index (χ1n) is 10.1. The molecule has 0 N–H and O–H groups in total. The number of ether oxygens (including phenoxy) is 1. The maximum atomic E-state index is 9.59. The number of pyridine rings is 1. The third kappa shape index (κ3) is 4.20. The lowest BCUT2D eigenvalue weighted by Crippen LogP contribution is -2.46. The molecule has 30 heavy (non-hydrogen) atoms. The number of hydrogen-bond donors (Lipinski definition) is 0. The van der Waals surface area contributed by atoms with Crippen LogP contribution in [0.15, 0.2) is 54.7 Å². The fourth-order valence-electron chi connectivity index (χ4n) is 3.84. The van der Waals surface area contributed by atoms with Gasteiger partial charge < -0.3 is 9.64 Å². The van der Waals surface area contributed by atoms with Crippen LogP contribution in [0.1, 0.15) is 18.1 Å². The van der Waals surface area contributed by atoms with Crippen LogP contribution in [-0.2, 0) is 6.54 Å². The second-order valence-corrected chi connectivity index (χ2v) is 7.45. The monoisotopic (exact) mass is 397 g/mol. The molecule has 2 aromatic carbocycles. The molecule has 1 saturated heterocycles. The molecule has 1 aliphatic rings. The van der Waals surface area contributed by atoms with E-state index in [0.717, 1.165) is 49.3 Å². The highest BCUT2D eigenvalue weighted by atomic mass is 16.5. The van der Waals surface area contributed by atoms with E-state index in [0.29, 0.717) is 11.3 Å². The SMILES string of the molecule is CC(C#N)Oc1ccc(CN2CCN(c3c(C#N)cnc4ccccc34)CC2)cc1. The Balaban J connectivity index is 1.42. The Morgan fingerprint density at radius 1 is 1.03 bits per heavy atom. The molecule has 1 unspecified atom stereocenters. The molecule has 0 saturated carbocycles. The van der Waals surface area contributed by atoms with E-state index in [-0.39, 0.29) is 0 Å². The summed E-state index contributed by atoms with van der Waals surface area (Å²) in [5.41, 5.74) is 3.76. The van der Waals surface area contributed by atoms with Gasteiger partial charge in [0.2, 0.25) is 0 Å². The van der Waals surface area contributed by atoms with Gasteiger partial charge in [-0.1, -0.05) is 30.3 Å². The van der Waals surface area contributed by atoms with Crippen LogP contribution >= 0.6 is 0 Å². The largest absolute Gasteiger partial charge is 0.476 e. The lowest BCUT2D eigenvalue weighted by atomic mass is 10.1. The summed E-state index contributed by atoms with van der Waals surface area (Å²) in [6.45, 7) is 6.17. The summed E-state index contributed by atoms with van der Waals surface area (Å²) < 4.78 is 5.52. The van der Waals surface area contributed by atoms with Crippen molar-refractivity contribution in [2.45, 2.75) is 19.6 Å². The normalized spacial score (nSPS) is 15.4. The van der Waals surface area contributed by atoms with Crippen LogP contribution < -0.4 is 9.64 Å². The predicted molar refractivity (Wildman–Crippen MR) is 116 cm³/mol. The molecule has 3 aromatic rings. The smallest absolute Gasteiger partial charge is 0.181 e. The van der Waals surface area contributed by atoms with Gasteiger partial charge >= 0.3 is 0 Å². The third-order valence-electron chi connectivity index (χ3n) is 5.38. The van der Waals surface area contributed by atoms with E-state index < -0.39 is 6.10 Å². The van der Waals surface area contributed by atoms with Crippen LogP contribution in [0.2, 0.25) is 0 Å². The van der Waals surface area contributed by atoms with Gasteiger partial charge in [0.25, 0.3) is 0 Å². The molecule has 0 spiro atoms. The van der Waals surface area contributed by atoms with E-state index in [4.69, 9.17) is 10.00 Å². The summed E-state index contributed by atoms with van der Waals surface area (Å²) in [6.07, 6.45) is 1.23. The molecule has 0 radical (unpaired) electrons. The maximum absolute atomic E-state index is 9.59. The molecule has 0 aliphatic carbocycles. The molecule has 6 heteroatoms. The number of piperazine rings is 1. The fraction of sp³-hybridized carbons (Fsp3) is 0.292.